The number of nitrogens with zero attached hydrogens (tertiary/aromatic N) is 2. The molecular weight excluding hydrogens is 503 g/mol. The van der Waals surface area contributed by atoms with Crippen LogP contribution in [0.25, 0.3) is 0 Å². The minimum Gasteiger partial charge on any atom is -0.369 e. The maximum atomic E-state index is 13.0. The van der Waals surface area contributed by atoms with E-state index in [2.05, 4.69) is 37.2 Å². The lowest BCUT2D eigenvalue weighted by Crippen LogP contribution is -2.24. The molecular formula is C24H25FN6O3S2. The summed E-state index contributed by atoms with van der Waals surface area (Å²) in [7, 11) is -6.64. The van der Waals surface area contributed by atoms with E-state index in [4.69, 9.17) is 4.78 Å². The molecule has 9 nitrogen and oxygen atoms in total. The molecule has 0 spiro atoms. The second-order valence-corrected chi connectivity index (χ2v) is 12.0. The summed E-state index contributed by atoms with van der Waals surface area (Å²) in [4.78, 5) is 9.28. The maximum absolute atomic E-state index is 13.0. The lowest BCUT2D eigenvalue weighted by Gasteiger charge is -2.10. The normalized spacial score (nSPS) is 17.7. The minimum atomic E-state index is -3.75. The third-order valence-electron chi connectivity index (χ3n) is 5.30. The highest BCUT2D eigenvalue weighted by atomic mass is 32.2. The highest BCUT2D eigenvalue weighted by Gasteiger charge is 2.14. The molecule has 0 radical (unpaired) electrons. The minimum absolute atomic E-state index is 0.0180. The quantitative estimate of drug-likeness (QED) is 0.299. The van der Waals surface area contributed by atoms with E-state index >= 15 is 0 Å². The van der Waals surface area contributed by atoms with Crippen molar-refractivity contribution in [2.24, 2.45) is 0 Å². The molecule has 4 bridgehead atoms. The van der Waals surface area contributed by atoms with Crippen LogP contribution in [0.2, 0.25) is 0 Å². The van der Waals surface area contributed by atoms with Crippen molar-refractivity contribution in [2.45, 2.75) is 29.1 Å². The van der Waals surface area contributed by atoms with Crippen LogP contribution in [0.4, 0.5) is 21.8 Å². The van der Waals surface area contributed by atoms with Gasteiger partial charge in [-0.2, -0.15) is 4.98 Å². The number of aromatic nitrogens is 2. The first-order valence-corrected chi connectivity index (χ1v) is 14.4. The summed E-state index contributed by atoms with van der Waals surface area (Å²) in [5.41, 5.74) is 1.18. The third-order valence-corrected chi connectivity index (χ3v) is 8.66. The van der Waals surface area contributed by atoms with Crippen molar-refractivity contribution in [3.8, 4) is 11.8 Å². The van der Waals surface area contributed by atoms with Gasteiger partial charge in [-0.05, 0) is 55.3 Å². The highest BCUT2D eigenvalue weighted by Crippen LogP contribution is 2.22. The maximum Gasteiger partial charge on any atom is 0.240 e. The van der Waals surface area contributed by atoms with Gasteiger partial charge >= 0.3 is 0 Å². The average molecular weight is 529 g/mol. The number of benzene rings is 2. The van der Waals surface area contributed by atoms with Gasteiger partial charge < -0.3 is 10.6 Å². The monoisotopic (exact) mass is 528 g/mol. The Balaban J connectivity index is 1.46. The van der Waals surface area contributed by atoms with Gasteiger partial charge in [-0.25, -0.2) is 31.5 Å². The summed E-state index contributed by atoms with van der Waals surface area (Å²) in [5.74, 6) is 6.50. The van der Waals surface area contributed by atoms with E-state index in [1.165, 1.54) is 12.1 Å². The van der Waals surface area contributed by atoms with E-state index in [0.717, 1.165) is 12.1 Å². The summed E-state index contributed by atoms with van der Waals surface area (Å²) in [6.07, 6.45) is 3.12. The van der Waals surface area contributed by atoms with Crippen LogP contribution in [0.15, 0.2) is 64.5 Å². The summed E-state index contributed by atoms with van der Waals surface area (Å²) in [6.45, 7) is 0.633. The third kappa shape index (κ3) is 6.57. The second-order valence-electron chi connectivity index (χ2n) is 8.03. The zero-order chi connectivity index (χ0) is 25.6. The summed E-state index contributed by atoms with van der Waals surface area (Å²) < 4.78 is 61.1. The number of anilines is 3. The molecule has 1 unspecified atom stereocenters. The SMILES string of the molecule is N=S1(=O)CCCCNc2nc(ncc2C#CCCNS(=O)(=O)c2ccc(F)cc2)Nc2cccc1c2. The molecule has 3 aromatic rings. The van der Waals surface area contributed by atoms with Gasteiger partial charge in [-0.3, -0.25) is 0 Å². The Hall–Kier alpha value is -3.53. The number of fused-ring (bicyclic) bond motifs is 4. The zero-order valence-corrected chi connectivity index (χ0v) is 20.9. The molecule has 2 aromatic carbocycles. The Morgan fingerprint density at radius 2 is 1.97 bits per heavy atom. The van der Waals surface area contributed by atoms with Crippen LogP contribution in [-0.2, 0) is 19.8 Å². The van der Waals surface area contributed by atoms with Gasteiger partial charge in [0, 0.05) is 35.8 Å². The number of halogens is 1. The molecule has 0 fully saturated rings. The van der Waals surface area contributed by atoms with Gasteiger partial charge in [0.2, 0.25) is 16.0 Å². The first-order chi connectivity index (χ1) is 17.2. The van der Waals surface area contributed by atoms with Crippen molar-refractivity contribution in [1.82, 2.24) is 14.7 Å². The molecule has 0 amide bonds. The Labute approximate surface area is 210 Å². The molecule has 1 aliphatic heterocycles. The van der Waals surface area contributed by atoms with E-state index < -0.39 is 25.6 Å². The largest absolute Gasteiger partial charge is 0.369 e. The summed E-state index contributed by atoms with van der Waals surface area (Å²) in [6, 6.07) is 11.5. The van der Waals surface area contributed by atoms with Crippen molar-refractivity contribution in [1.29, 1.82) is 4.78 Å². The number of hydrogen-bond donors (Lipinski definition) is 4. The number of rotatable bonds is 4. The van der Waals surface area contributed by atoms with Crippen LogP contribution in [-0.4, -0.2) is 41.4 Å². The topological polar surface area (TPSA) is 137 Å². The van der Waals surface area contributed by atoms with E-state index in [9.17, 15) is 17.0 Å². The predicted octanol–water partition coefficient (Wildman–Crippen LogP) is 3.69. The van der Waals surface area contributed by atoms with Crippen molar-refractivity contribution >= 4 is 37.2 Å². The Morgan fingerprint density at radius 1 is 1.17 bits per heavy atom. The molecule has 1 aromatic heterocycles. The molecule has 1 aliphatic rings. The molecule has 4 N–H and O–H groups in total. The van der Waals surface area contributed by atoms with Crippen LogP contribution in [0.5, 0.6) is 0 Å². The van der Waals surface area contributed by atoms with E-state index in [0.29, 0.717) is 47.3 Å². The van der Waals surface area contributed by atoms with Gasteiger partial charge in [0.1, 0.15) is 11.6 Å². The van der Waals surface area contributed by atoms with Crippen molar-refractivity contribution < 1.29 is 17.0 Å². The zero-order valence-electron chi connectivity index (χ0n) is 19.3. The van der Waals surface area contributed by atoms with Crippen molar-refractivity contribution in [3.63, 3.8) is 0 Å². The van der Waals surface area contributed by atoms with E-state index in [-0.39, 0.29) is 23.6 Å². The highest BCUT2D eigenvalue weighted by molar-refractivity contribution is 7.92. The van der Waals surface area contributed by atoms with Gasteiger partial charge in [0.05, 0.1) is 26.4 Å². The van der Waals surface area contributed by atoms with Crippen LogP contribution in [0.1, 0.15) is 24.8 Å². The lowest BCUT2D eigenvalue weighted by atomic mass is 10.2. The first kappa shape index (κ1) is 25.6. The van der Waals surface area contributed by atoms with Gasteiger partial charge in [-0.15, -0.1) is 0 Å². The Bertz CT molecular complexity index is 1520. The Morgan fingerprint density at radius 3 is 2.78 bits per heavy atom. The average Bonchev–Trinajstić information content (AvgIpc) is 2.85. The second kappa shape index (κ2) is 11.0. The summed E-state index contributed by atoms with van der Waals surface area (Å²) >= 11 is 0. The van der Waals surface area contributed by atoms with Gasteiger partial charge in [0.25, 0.3) is 0 Å². The van der Waals surface area contributed by atoms with Crippen LogP contribution < -0.4 is 15.4 Å². The fraction of sp³-hybridized carbons (Fsp3) is 0.250. The van der Waals surface area contributed by atoms with Crippen LogP contribution in [0.3, 0.4) is 0 Å². The molecule has 2 heterocycles. The number of hydrogen-bond acceptors (Lipinski definition) is 8. The molecule has 0 aliphatic carbocycles. The number of sulfonamides is 1. The smallest absolute Gasteiger partial charge is 0.240 e. The molecule has 188 valence electrons. The van der Waals surface area contributed by atoms with E-state index in [1.807, 2.05) is 0 Å². The van der Waals surface area contributed by atoms with Crippen LogP contribution >= 0.6 is 0 Å². The fourth-order valence-corrected chi connectivity index (χ4v) is 5.93. The summed E-state index contributed by atoms with van der Waals surface area (Å²) in [5, 5.41) is 6.31. The van der Waals surface area contributed by atoms with E-state index in [1.54, 1.807) is 30.5 Å². The molecule has 0 saturated carbocycles. The fourth-order valence-electron chi connectivity index (χ4n) is 3.43. The standard InChI is InChI=1S/C24H25FN6O3S2/c25-19-9-11-21(12-10-19)36(33,34)29-14-2-1-6-18-17-28-24-30-20-7-5-8-22(16-20)35(26,32)15-4-3-13-27-23(18)31-24/h5,7-12,16-17,26,29H,2-4,13-15H2,(H2,27,28,30,31). The first-order valence-electron chi connectivity index (χ1n) is 11.2. The molecule has 4 rings (SSSR count). The molecule has 1 atom stereocenters. The predicted molar refractivity (Wildman–Crippen MR) is 137 cm³/mol. The van der Waals surface area contributed by atoms with Crippen molar-refractivity contribution in [3.05, 3.63) is 66.1 Å². The molecule has 0 saturated heterocycles. The van der Waals surface area contributed by atoms with Gasteiger partial charge in [0.15, 0.2) is 0 Å². The Kier molecular flexibility index (Phi) is 7.83. The lowest BCUT2D eigenvalue weighted by molar-refractivity contribution is 0.581. The molecule has 12 heteroatoms. The van der Waals surface area contributed by atoms with Gasteiger partial charge in [-0.1, -0.05) is 17.9 Å². The number of nitrogens with one attached hydrogen (secondary N) is 4. The van der Waals surface area contributed by atoms with Crippen molar-refractivity contribution in [2.75, 3.05) is 29.5 Å². The molecule has 36 heavy (non-hydrogen) atoms. The van der Waals surface area contributed by atoms with Crippen LogP contribution in [0, 0.1) is 22.4 Å².